The lowest BCUT2D eigenvalue weighted by molar-refractivity contribution is -0.0265. The molecule has 30 heavy (non-hydrogen) atoms. The minimum Gasteiger partial charge on any atom is -0.383 e. The molecule has 2 aromatic rings. The molecule has 1 fully saturated rings. The van der Waals surface area contributed by atoms with Gasteiger partial charge in [0.25, 0.3) is 0 Å². The van der Waals surface area contributed by atoms with Crippen molar-refractivity contribution in [3.05, 3.63) is 53.3 Å². The molecule has 0 radical (unpaired) electrons. The predicted octanol–water partition coefficient (Wildman–Crippen LogP) is 2.66. The zero-order chi connectivity index (χ0) is 21.6. The Morgan fingerprint density at radius 3 is 2.77 bits per heavy atom. The van der Waals surface area contributed by atoms with Crippen LogP contribution in [0, 0.1) is 12.8 Å². The molecular weight excluding hydrogens is 378 g/mol. The third-order valence-electron chi connectivity index (χ3n) is 5.60. The first-order valence-corrected chi connectivity index (χ1v) is 10.8. The first kappa shape index (κ1) is 22.3. The van der Waals surface area contributed by atoms with E-state index in [4.69, 9.17) is 4.74 Å². The maximum atomic E-state index is 10.8. The van der Waals surface area contributed by atoms with Crippen molar-refractivity contribution in [2.24, 2.45) is 18.0 Å². The minimum absolute atomic E-state index is 0.0910. The Kier molecular flexibility index (Phi) is 7.50. The van der Waals surface area contributed by atoms with E-state index in [9.17, 15) is 5.11 Å². The first-order chi connectivity index (χ1) is 14.4. The van der Waals surface area contributed by atoms with Crippen LogP contribution in [0.15, 0.2) is 41.7 Å². The van der Waals surface area contributed by atoms with E-state index in [0.717, 1.165) is 38.1 Å². The van der Waals surface area contributed by atoms with Crippen LogP contribution in [0.4, 0.5) is 0 Å². The molecule has 7 nitrogen and oxygen atoms in total. The number of guanidine groups is 1. The van der Waals surface area contributed by atoms with Crippen molar-refractivity contribution in [1.29, 1.82) is 0 Å². The van der Waals surface area contributed by atoms with Gasteiger partial charge in [-0.05, 0) is 39.2 Å². The SMILES string of the molecule is CCNC(=NCC(C)(O)c1cnn(C)c1)NCC1CCCOC1c1ccc(C)cc1. The summed E-state index contributed by atoms with van der Waals surface area (Å²) in [5.41, 5.74) is 2.17. The second-order valence-electron chi connectivity index (χ2n) is 8.36. The number of aliphatic imine (C=N–C) groups is 1. The summed E-state index contributed by atoms with van der Waals surface area (Å²) in [4.78, 5) is 4.63. The topological polar surface area (TPSA) is 83.7 Å². The molecule has 0 amide bonds. The van der Waals surface area contributed by atoms with E-state index in [1.165, 1.54) is 11.1 Å². The van der Waals surface area contributed by atoms with Gasteiger partial charge in [0.2, 0.25) is 0 Å². The summed E-state index contributed by atoms with van der Waals surface area (Å²) >= 11 is 0. The highest BCUT2D eigenvalue weighted by Crippen LogP contribution is 2.33. The van der Waals surface area contributed by atoms with Crippen LogP contribution in [0.5, 0.6) is 0 Å². The molecule has 3 rings (SSSR count). The van der Waals surface area contributed by atoms with Crippen LogP contribution >= 0.6 is 0 Å². The van der Waals surface area contributed by atoms with Gasteiger partial charge >= 0.3 is 0 Å². The van der Waals surface area contributed by atoms with Crippen LogP contribution in [0.25, 0.3) is 0 Å². The Bertz CT molecular complexity index is 828. The minimum atomic E-state index is -1.07. The summed E-state index contributed by atoms with van der Waals surface area (Å²) in [6.07, 6.45) is 5.77. The van der Waals surface area contributed by atoms with Crippen molar-refractivity contribution in [3.63, 3.8) is 0 Å². The maximum Gasteiger partial charge on any atom is 0.191 e. The molecule has 0 saturated carbocycles. The summed E-state index contributed by atoms with van der Waals surface area (Å²) in [7, 11) is 1.84. The molecule has 0 aliphatic carbocycles. The third kappa shape index (κ3) is 5.83. The summed E-state index contributed by atoms with van der Waals surface area (Å²) in [5.74, 6) is 1.07. The van der Waals surface area contributed by atoms with E-state index in [2.05, 4.69) is 51.9 Å². The number of aliphatic hydroxyl groups is 1. The molecule has 0 bridgehead atoms. The van der Waals surface area contributed by atoms with Gasteiger partial charge in [-0.2, -0.15) is 5.10 Å². The predicted molar refractivity (Wildman–Crippen MR) is 119 cm³/mol. The van der Waals surface area contributed by atoms with Crippen molar-refractivity contribution in [2.75, 3.05) is 26.2 Å². The standard InChI is InChI=1S/C23H35N5O2/c1-5-24-22(26-16-23(3,29)20-14-27-28(4)15-20)25-13-19-7-6-12-30-21(19)18-10-8-17(2)9-11-18/h8-11,14-15,19,21,29H,5-7,12-13,16H2,1-4H3,(H2,24,25,26). The lowest BCUT2D eigenvalue weighted by Crippen LogP contribution is -2.42. The van der Waals surface area contributed by atoms with E-state index in [-0.39, 0.29) is 12.6 Å². The lowest BCUT2D eigenvalue weighted by Gasteiger charge is -2.33. The highest BCUT2D eigenvalue weighted by molar-refractivity contribution is 5.79. The van der Waals surface area contributed by atoms with Gasteiger partial charge in [-0.1, -0.05) is 29.8 Å². The molecule has 3 atom stereocenters. The van der Waals surface area contributed by atoms with Crippen LogP contribution < -0.4 is 10.6 Å². The Balaban J connectivity index is 1.65. The number of ether oxygens (including phenoxy) is 1. The number of hydrogen-bond donors (Lipinski definition) is 3. The number of aromatic nitrogens is 2. The molecule has 3 N–H and O–H groups in total. The van der Waals surface area contributed by atoms with E-state index in [1.807, 2.05) is 20.2 Å². The highest BCUT2D eigenvalue weighted by atomic mass is 16.5. The maximum absolute atomic E-state index is 10.8. The molecule has 0 spiro atoms. The molecular formula is C23H35N5O2. The quantitative estimate of drug-likeness (QED) is 0.480. The van der Waals surface area contributed by atoms with Crippen molar-refractivity contribution in [2.45, 2.75) is 45.3 Å². The second kappa shape index (κ2) is 10.1. The molecule has 7 heteroatoms. The summed E-state index contributed by atoms with van der Waals surface area (Å²) in [6.45, 7) is 8.47. The van der Waals surface area contributed by atoms with Crippen LogP contribution in [-0.4, -0.2) is 47.1 Å². The van der Waals surface area contributed by atoms with Gasteiger partial charge in [0.05, 0.1) is 18.8 Å². The number of nitrogens with one attached hydrogen (secondary N) is 2. The van der Waals surface area contributed by atoms with Gasteiger partial charge in [-0.3, -0.25) is 4.68 Å². The molecule has 164 valence electrons. The van der Waals surface area contributed by atoms with Gasteiger partial charge in [-0.25, -0.2) is 4.99 Å². The molecule has 1 aromatic carbocycles. The summed E-state index contributed by atoms with van der Waals surface area (Å²) in [6, 6.07) is 8.62. The number of rotatable bonds is 7. The Labute approximate surface area is 179 Å². The van der Waals surface area contributed by atoms with Gasteiger partial charge < -0.3 is 20.5 Å². The number of aryl methyl sites for hydroxylation is 2. The fourth-order valence-electron chi connectivity index (χ4n) is 3.77. The number of nitrogens with zero attached hydrogens (tertiary/aromatic N) is 3. The van der Waals surface area contributed by atoms with Gasteiger partial charge in [0.15, 0.2) is 5.96 Å². The fraction of sp³-hybridized carbons (Fsp3) is 0.565. The lowest BCUT2D eigenvalue weighted by atomic mass is 9.89. The Morgan fingerprint density at radius 2 is 2.10 bits per heavy atom. The summed E-state index contributed by atoms with van der Waals surface area (Å²) < 4.78 is 7.82. The second-order valence-corrected chi connectivity index (χ2v) is 8.36. The molecule has 1 aliphatic heterocycles. The van der Waals surface area contributed by atoms with Crippen LogP contribution in [0.2, 0.25) is 0 Å². The fourth-order valence-corrected chi connectivity index (χ4v) is 3.77. The monoisotopic (exact) mass is 413 g/mol. The van der Waals surface area contributed by atoms with E-state index >= 15 is 0 Å². The van der Waals surface area contributed by atoms with Gasteiger partial charge in [0, 0.05) is 44.4 Å². The Morgan fingerprint density at radius 1 is 1.33 bits per heavy atom. The smallest absolute Gasteiger partial charge is 0.191 e. The normalized spacial score (nSPS) is 21.8. The molecule has 1 aromatic heterocycles. The van der Waals surface area contributed by atoms with Crippen LogP contribution in [-0.2, 0) is 17.4 Å². The third-order valence-corrected chi connectivity index (χ3v) is 5.60. The number of benzene rings is 1. The number of hydrogen-bond acceptors (Lipinski definition) is 4. The van der Waals surface area contributed by atoms with Crippen LogP contribution in [0.3, 0.4) is 0 Å². The van der Waals surface area contributed by atoms with Crippen LogP contribution in [0.1, 0.15) is 49.5 Å². The zero-order valence-corrected chi connectivity index (χ0v) is 18.6. The molecule has 3 unspecified atom stereocenters. The molecule has 2 heterocycles. The zero-order valence-electron chi connectivity index (χ0n) is 18.6. The van der Waals surface area contributed by atoms with Crippen molar-refractivity contribution in [1.82, 2.24) is 20.4 Å². The van der Waals surface area contributed by atoms with E-state index in [1.54, 1.807) is 17.8 Å². The van der Waals surface area contributed by atoms with E-state index < -0.39 is 5.60 Å². The summed E-state index contributed by atoms with van der Waals surface area (Å²) in [5, 5.41) is 21.7. The van der Waals surface area contributed by atoms with Crippen molar-refractivity contribution in [3.8, 4) is 0 Å². The highest BCUT2D eigenvalue weighted by Gasteiger charge is 2.28. The van der Waals surface area contributed by atoms with Gasteiger partial charge in [-0.15, -0.1) is 0 Å². The Hall–Kier alpha value is -2.38. The van der Waals surface area contributed by atoms with E-state index in [0.29, 0.717) is 11.9 Å². The average molecular weight is 414 g/mol. The molecule has 1 saturated heterocycles. The van der Waals surface area contributed by atoms with Crippen molar-refractivity contribution >= 4 is 5.96 Å². The first-order valence-electron chi connectivity index (χ1n) is 10.8. The van der Waals surface area contributed by atoms with Crippen molar-refractivity contribution < 1.29 is 9.84 Å². The average Bonchev–Trinajstić information content (AvgIpc) is 3.18. The van der Waals surface area contributed by atoms with Gasteiger partial charge in [0.1, 0.15) is 5.60 Å². The molecule has 1 aliphatic rings. The largest absolute Gasteiger partial charge is 0.383 e.